The van der Waals surface area contributed by atoms with Crippen molar-refractivity contribution in [1.82, 2.24) is 4.98 Å². The first-order chi connectivity index (χ1) is 13.5. The van der Waals surface area contributed by atoms with E-state index in [1.54, 1.807) is 6.07 Å². The molecule has 0 aliphatic heterocycles. The lowest BCUT2D eigenvalue weighted by Gasteiger charge is -2.12. The van der Waals surface area contributed by atoms with E-state index in [1.807, 2.05) is 87.5 Å². The number of pyridine rings is 1. The highest BCUT2D eigenvalue weighted by Crippen LogP contribution is 2.28. The van der Waals surface area contributed by atoms with E-state index in [0.29, 0.717) is 11.3 Å². The van der Waals surface area contributed by atoms with Gasteiger partial charge in [-0.05, 0) is 50.1 Å². The number of esters is 1. The first-order valence-electron chi connectivity index (χ1n) is 9.27. The van der Waals surface area contributed by atoms with Crippen LogP contribution in [0.3, 0.4) is 0 Å². The average Bonchev–Trinajstić information content (AvgIpc) is 2.68. The molecule has 3 heteroatoms. The number of aryl methyl sites for hydroxylation is 3. The molecule has 0 saturated heterocycles. The minimum atomic E-state index is -0.378. The van der Waals surface area contributed by atoms with Crippen LogP contribution in [0.25, 0.3) is 22.2 Å². The van der Waals surface area contributed by atoms with Crippen LogP contribution in [0, 0.1) is 20.8 Å². The molecule has 0 spiro atoms. The highest BCUT2D eigenvalue weighted by atomic mass is 16.5. The molecule has 3 nitrogen and oxygen atoms in total. The van der Waals surface area contributed by atoms with Gasteiger partial charge in [0.2, 0.25) is 0 Å². The summed E-state index contributed by atoms with van der Waals surface area (Å²) in [5.74, 6) is 0.163. The summed E-state index contributed by atoms with van der Waals surface area (Å²) in [5.41, 5.74) is 6.32. The lowest BCUT2D eigenvalue weighted by Crippen LogP contribution is -2.10. The van der Waals surface area contributed by atoms with Gasteiger partial charge in [0, 0.05) is 10.9 Å². The van der Waals surface area contributed by atoms with E-state index in [9.17, 15) is 4.79 Å². The number of nitrogens with zero attached hydrogens (tertiary/aromatic N) is 1. The molecule has 0 atom stereocenters. The second kappa shape index (κ2) is 7.28. The summed E-state index contributed by atoms with van der Waals surface area (Å²) < 4.78 is 5.67. The topological polar surface area (TPSA) is 39.2 Å². The van der Waals surface area contributed by atoms with Gasteiger partial charge in [0.1, 0.15) is 5.75 Å². The summed E-state index contributed by atoms with van der Waals surface area (Å²) >= 11 is 0. The smallest absolute Gasteiger partial charge is 0.344 e. The van der Waals surface area contributed by atoms with Gasteiger partial charge in [0.25, 0.3) is 0 Å². The van der Waals surface area contributed by atoms with Gasteiger partial charge in [0.15, 0.2) is 0 Å². The van der Waals surface area contributed by atoms with Gasteiger partial charge < -0.3 is 4.74 Å². The Morgan fingerprint density at radius 1 is 0.821 bits per heavy atom. The first kappa shape index (κ1) is 17.9. The van der Waals surface area contributed by atoms with Crippen molar-refractivity contribution in [2.45, 2.75) is 20.8 Å². The van der Waals surface area contributed by atoms with Gasteiger partial charge in [-0.15, -0.1) is 0 Å². The minimum Gasteiger partial charge on any atom is -0.423 e. The fourth-order valence-electron chi connectivity index (χ4n) is 3.27. The van der Waals surface area contributed by atoms with E-state index in [1.165, 1.54) is 5.56 Å². The van der Waals surface area contributed by atoms with Gasteiger partial charge >= 0.3 is 5.97 Å². The highest BCUT2D eigenvalue weighted by molar-refractivity contribution is 6.06. The van der Waals surface area contributed by atoms with E-state index in [4.69, 9.17) is 9.72 Å². The number of hydrogen-bond donors (Lipinski definition) is 0. The Kier molecular flexibility index (Phi) is 4.66. The Hall–Kier alpha value is -3.46. The molecule has 0 fully saturated rings. The van der Waals surface area contributed by atoms with Gasteiger partial charge in [-0.1, -0.05) is 60.2 Å². The number of benzene rings is 3. The number of carbonyl (C=O) groups is 1. The lowest BCUT2D eigenvalue weighted by molar-refractivity contribution is 0.0737. The molecular formula is C25H21NO2. The van der Waals surface area contributed by atoms with Crippen molar-refractivity contribution >= 4 is 16.9 Å². The van der Waals surface area contributed by atoms with Gasteiger partial charge in [-0.3, -0.25) is 0 Å². The second-order valence-electron chi connectivity index (χ2n) is 7.10. The summed E-state index contributed by atoms with van der Waals surface area (Å²) in [6.07, 6.45) is 0. The van der Waals surface area contributed by atoms with Crippen molar-refractivity contribution in [3.05, 3.63) is 95.1 Å². The largest absolute Gasteiger partial charge is 0.423 e. The highest BCUT2D eigenvalue weighted by Gasteiger charge is 2.17. The van der Waals surface area contributed by atoms with Crippen LogP contribution in [0.1, 0.15) is 27.0 Å². The molecule has 0 radical (unpaired) electrons. The molecule has 3 aromatic carbocycles. The molecule has 28 heavy (non-hydrogen) atoms. The average molecular weight is 367 g/mol. The van der Waals surface area contributed by atoms with Gasteiger partial charge in [0.05, 0.1) is 16.8 Å². The van der Waals surface area contributed by atoms with Crippen molar-refractivity contribution in [3.8, 4) is 17.0 Å². The van der Waals surface area contributed by atoms with Crippen molar-refractivity contribution in [2.24, 2.45) is 0 Å². The standard InChI is InChI=1S/C25H21NO2/c1-16-10-12-19(13-11-16)23-15-22(21-9-5-7-18(3)24(21)26-23)25(27)28-20-8-4-6-17(2)14-20/h4-15H,1-3H3. The van der Waals surface area contributed by atoms with E-state index in [2.05, 4.69) is 0 Å². The van der Waals surface area contributed by atoms with E-state index in [0.717, 1.165) is 33.3 Å². The fourth-order valence-corrected chi connectivity index (χ4v) is 3.27. The van der Waals surface area contributed by atoms with Crippen LogP contribution in [0.5, 0.6) is 5.75 Å². The third-order valence-electron chi connectivity index (χ3n) is 4.81. The Morgan fingerprint density at radius 2 is 1.57 bits per heavy atom. The van der Waals surface area contributed by atoms with Crippen molar-refractivity contribution in [3.63, 3.8) is 0 Å². The molecule has 4 aromatic rings. The lowest BCUT2D eigenvalue weighted by atomic mass is 10.0. The third kappa shape index (κ3) is 3.52. The van der Waals surface area contributed by atoms with Crippen molar-refractivity contribution in [1.29, 1.82) is 0 Å². The summed E-state index contributed by atoms with van der Waals surface area (Å²) in [6, 6.07) is 23.3. The van der Waals surface area contributed by atoms with Gasteiger partial charge in [-0.25, -0.2) is 9.78 Å². The molecule has 0 saturated carbocycles. The molecule has 0 unspecified atom stereocenters. The van der Waals surface area contributed by atoms with Crippen LogP contribution in [0.4, 0.5) is 0 Å². The maximum absolute atomic E-state index is 13.0. The Morgan fingerprint density at radius 3 is 2.32 bits per heavy atom. The molecule has 4 rings (SSSR count). The van der Waals surface area contributed by atoms with Crippen LogP contribution in [-0.2, 0) is 0 Å². The number of carbonyl (C=O) groups excluding carboxylic acids is 1. The zero-order valence-corrected chi connectivity index (χ0v) is 16.2. The number of rotatable bonds is 3. The van der Waals surface area contributed by atoms with Crippen LogP contribution in [0.15, 0.2) is 72.8 Å². The summed E-state index contributed by atoms with van der Waals surface area (Å²) in [7, 11) is 0. The summed E-state index contributed by atoms with van der Waals surface area (Å²) in [4.78, 5) is 17.9. The predicted molar refractivity (Wildman–Crippen MR) is 113 cm³/mol. The number of fused-ring (bicyclic) bond motifs is 1. The molecule has 0 aliphatic carbocycles. The maximum atomic E-state index is 13.0. The zero-order chi connectivity index (χ0) is 19.7. The monoisotopic (exact) mass is 367 g/mol. The Bertz CT molecular complexity index is 1180. The molecule has 0 aliphatic rings. The summed E-state index contributed by atoms with van der Waals surface area (Å²) in [6.45, 7) is 6.02. The number of para-hydroxylation sites is 1. The molecule has 138 valence electrons. The number of ether oxygens (including phenoxy) is 1. The molecule has 1 aromatic heterocycles. The zero-order valence-electron chi connectivity index (χ0n) is 16.2. The number of aromatic nitrogens is 1. The van der Waals surface area contributed by atoms with E-state index >= 15 is 0 Å². The Labute approximate surface area is 164 Å². The SMILES string of the molecule is Cc1ccc(-c2cc(C(=O)Oc3cccc(C)c3)c3cccc(C)c3n2)cc1. The van der Waals surface area contributed by atoms with E-state index < -0.39 is 0 Å². The molecule has 0 bridgehead atoms. The predicted octanol–water partition coefficient (Wildman–Crippen LogP) is 6.05. The molecular weight excluding hydrogens is 346 g/mol. The second-order valence-corrected chi connectivity index (χ2v) is 7.10. The Balaban J connectivity index is 1.85. The van der Waals surface area contributed by atoms with Crippen LogP contribution in [0.2, 0.25) is 0 Å². The van der Waals surface area contributed by atoms with Crippen LogP contribution in [-0.4, -0.2) is 11.0 Å². The molecule has 0 amide bonds. The van der Waals surface area contributed by atoms with Crippen LogP contribution >= 0.6 is 0 Å². The third-order valence-corrected chi connectivity index (χ3v) is 4.81. The minimum absolute atomic E-state index is 0.378. The number of hydrogen-bond acceptors (Lipinski definition) is 3. The van der Waals surface area contributed by atoms with Crippen molar-refractivity contribution in [2.75, 3.05) is 0 Å². The molecule has 1 heterocycles. The quantitative estimate of drug-likeness (QED) is 0.327. The normalized spacial score (nSPS) is 10.8. The van der Waals surface area contributed by atoms with Crippen molar-refractivity contribution < 1.29 is 9.53 Å². The van der Waals surface area contributed by atoms with E-state index in [-0.39, 0.29) is 5.97 Å². The van der Waals surface area contributed by atoms with Gasteiger partial charge in [-0.2, -0.15) is 0 Å². The summed E-state index contributed by atoms with van der Waals surface area (Å²) in [5, 5.41) is 0.800. The first-order valence-corrected chi connectivity index (χ1v) is 9.27. The maximum Gasteiger partial charge on any atom is 0.344 e. The van der Waals surface area contributed by atoms with Crippen LogP contribution < -0.4 is 4.74 Å². The molecule has 0 N–H and O–H groups in total. The fraction of sp³-hybridized carbons (Fsp3) is 0.120.